The average molecular weight is 323 g/mol. The maximum atomic E-state index is 12.7. The minimum absolute atomic E-state index is 0.0202. The summed E-state index contributed by atoms with van der Waals surface area (Å²) in [7, 11) is 0. The number of carbonyl (C=O) groups excluding carboxylic acids is 1. The van der Waals surface area contributed by atoms with Crippen molar-refractivity contribution in [2.45, 2.75) is 39.4 Å². The molecule has 0 spiro atoms. The van der Waals surface area contributed by atoms with Gasteiger partial charge in [-0.3, -0.25) is 0 Å². The molecular formula is C20H25N3O. The van der Waals surface area contributed by atoms with Crippen molar-refractivity contribution in [3.05, 3.63) is 66.0 Å². The molecule has 0 saturated heterocycles. The van der Waals surface area contributed by atoms with E-state index < -0.39 is 5.54 Å². The number of aromatic nitrogens is 1. The molecule has 0 fully saturated rings. The van der Waals surface area contributed by atoms with Crippen LogP contribution in [0.3, 0.4) is 0 Å². The number of fused-ring (bicyclic) bond motifs is 1. The number of hydrogen-bond donors (Lipinski definition) is 1. The van der Waals surface area contributed by atoms with Crippen LogP contribution in [0.4, 0.5) is 4.79 Å². The van der Waals surface area contributed by atoms with Crippen molar-refractivity contribution in [2.24, 2.45) is 0 Å². The molecule has 0 atom stereocenters. The van der Waals surface area contributed by atoms with Crippen LogP contribution in [0.25, 0.3) is 5.57 Å². The lowest BCUT2D eigenvalue weighted by atomic mass is 9.92. The van der Waals surface area contributed by atoms with E-state index in [1.807, 2.05) is 49.9 Å². The SMILES string of the molecule is C=C(C)c1cccc(C(C)(C)NC(=O)N2CCn3cccc3C2)c1. The highest BCUT2D eigenvalue weighted by molar-refractivity contribution is 5.75. The molecule has 4 nitrogen and oxygen atoms in total. The van der Waals surface area contributed by atoms with Gasteiger partial charge >= 0.3 is 6.03 Å². The summed E-state index contributed by atoms with van der Waals surface area (Å²) >= 11 is 0. The van der Waals surface area contributed by atoms with Crippen molar-refractivity contribution < 1.29 is 4.79 Å². The van der Waals surface area contributed by atoms with Gasteiger partial charge in [0.05, 0.1) is 12.1 Å². The lowest BCUT2D eigenvalue weighted by Gasteiger charge is -2.34. The van der Waals surface area contributed by atoms with Gasteiger partial charge in [-0.15, -0.1) is 0 Å². The van der Waals surface area contributed by atoms with Crippen molar-refractivity contribution in [3.63, 3.8) is 0 Å². The van der Waals surface area contributed by atoms with Gasteiger partial charge in [-0.2, -0.15) is 0 Å². The first-order valence-electron chi connectivity index (χ1n) is 8.34. The van der Waals surface area contributed by atoms with Crippen LogP contribution in [0, 0.1) is 0 Å². The van der Waals surface area contributed by atoms with Gasteiger partial charge in [0, 0.05) is 25.0 Å². The predicted octanol–water partition coefficient (Wildman–Crippen LogP) is 3.98. The molecule has 1 N–H and O–H groups in total. The first kappa shape index (κ1) is 16.4. The predicted molar refractivity (Wildman–Crippen MR) is 97.5 cm³/mol. The maximum Gasteiger partial charge on any atom is 0.318 e. The van der Waals surface area contributed by atoms with E-state index in [0.29, 0.717) is 6.54 Å². The summed E-state index contributed by atoms with van der Waals surface area (Å²) in [5.41, 5.74) is 3.94. The second-order valence-corrected chi connectivity index (χ2v) is 7.03. The molecule has 126 valence electrons. The van der Waals surface area contributed by atoms with Crippen LogP contribution in [-0.4, -0.2) is 22.0 Å². The lowest BCUT2D eigenvalue weighted by Crippen LogP contribution is -2.50. The number of hydrogen-bond acceptors (Lipinski definition) is 1. The highest BCUT2D eigenvalue weighted by atomic mass is 16.2. The number of carbonyl (C=O) groups is 1. The van der Waals surface area contributed by atoms with Gasteiger partial charge < -0.3 is 14.8 Å². The Balaban J connectivity index is 1.73. The quantitative estimate of drug-likeness (QED) is 0.911. The van der Waals surface area contributed by atoms with Crippen molar-refractivity contribution >= 4 is 11.6 Å². The molecule has 0 unspecified atom stereocenters. The molecule has 24 heavy (non-hydrogen) atoms. The van der Waals surface area contributed by atoms with E-state index in [-0.39, 0.29) is 6.03 Å². The Hall–Kier alpha value is -2.49. The van der Waals surface area contributed by atoms with E-state index in [4.69, 9.17) is 0 Å². The number of allylic oxidation sites excluding steroid dienone is 1. The Bertz CT molecular complexity index is 773. The van der Waals surface area contributed by atoms with E-state index in [1.54, 1.807) is 0 Å². The van der Waals surface area contributed by atoms with Gasteiger partial charge in [-0.1, -0.05) is 30.4 Å². The van der Waals surface area contributed by atoms with Crippen LogP contribution < -0.4 is 5.32 Å². The smallest absolute Gasteiger partial charge is 0.318 e. The van der Waals surface area contributed by atoms with E-state index in [2.05, 4.69) is 34.8 Å². The normalized spacial score (nSPS) is 14.2. The Morgan fingerprint density at radius 2 is 2.00 bits per heavy atom. The summed E-state index contributed by atoms with van der Waals surface area (Å²) in [5.74, 6) is 0. The van der Waals surface area contributed by atoms with Gasteiger partial charge in [0.15, 0.2) is 0 Å². The molecule has 0 saturated carbocycles. The lowest BCUT2D eigenvalue weighted by molar-refractivity contribution is 0.173. The van der Waals surface area contributed by atoms with Crippen molar-refractivity contribution in [1.82, 2.24) is 14.8 Å². The molecule has 1 aromatic carbocycles. The third-order valence-electron chi connectivity index (χ3n) is 4.67. The first-order valence-corrected chi connectivity index (χ1v) is 8.34. The second-order valence-electron chi connectivity index (χ2n) is 7.03. The van der Waals surface area contributed by atoms with Gasteiger partial charge in [0.25, 0.3) is 0 Å². The Kier molecular flexibility index (Phi) is 4.22. The second kappa shape index (κ2) is 6.19. The molecule has 2 amide bonds. The van der Waals surface area contributed by atoms with Crippen LogP contribution >= 0.6 is 0 Å². The first-order chi connectivity index (χ1) is 11.4. The average Bonchev–Trinajstić information content (AvgIpc) is 3.02. The molecule has 1 aliphatic heterocycles. The molecule has 1 aliphatic rings. The van der Waals surface area contributed by atoms with Crippen molar-refractivity contribution in [3.8, 4) is 0 Å². The highest BCUT2D eigenvalue weighted by Gasteiger charge is 2.27. The van der Waals surface area contributed by atoms with E-state index >= 15 is 0 Å². The maximum absolute atomic E-state index is 12.7. The number of benzene rings is 1. The number of amides is 2. The molecule has 2 aromatic rings. The fourth-order valence-electron chi connectivity index (χ4n) is 3.08. The number of rotatable bonds is 3. The molecule has 0 aliphatic carbocycles. The van der Waals surface area contributed by atoms with Crippen LogP contribution in [0.1, 0.15) is 37.6 Å². The fourth-order valence-corrected chi connectivity index (χ4v) is 3.08. The molecule has 4 heteroatoms. The molecule has 2 heterocycles. The Morgan fingerprint density at radius 3 is 2.75 bits per heavy atom. The minimum atomic E-state index is -0.442. The van der Waals surface area contributed by atoms with Crippen molar-refractivity contribution in [1.29, 1.82) is 0 Å². The summed E-state index contributed by atoms with van der Waals surface area (Å²) in [6.45, 7) is 12.3. The van der Waals surface area contributed by atoms with Gasteiger partial charge in [0.1, 0.15) is 0 Å². The zero-order valence-corrected chi connectivity index (χ0v) is 14.7. The minimum Gasteiger partial charge on any atom is -0.348 e. The summed E-state index contributed by atoms with van der Waals surface area (Å²) in [6.07, 6.45) is 2.07. The van der Waals surface area contributed by atoms with Crippen LogP contribution in [0.2, 0.25) is 0 Å². The van der Waals surface area contributed by atoms with E-state index in [0.717, 1.165) is 29.8 Å². The number of urea groups is 1. The molecule has 3 rings (SSSR count). The third-order valence-corrected chi connectivity index (χ3v) is 4.67. The zero-order chi connectivity index (χ0) is 17.3. The fraction of sp³-hybridized carbons (Fsp3) is 0.350. The van der Waals surface area contributed by atoms with Gasteiger partial charge in [-0.25, -0.2) is 4.79 Å². The monoisotopic (exact) mass is 323 g/mol. The van der Waals surface area contributed by atoms with Gasteiger partial charge in [0.2, 0.25) is 0 Å². The molecule has 0 radical (unpaired) electrons. The largest absolute Gasteiger partial charge is 0.348 e. The van der Waals surface area contributed by atoms with Crippen LogP contribution in [-0.2, 0) is 18.6 Å². The topological polar surface area (TPSA) is 37.3 Å². The Morgan fingerprint density at radius 1 is 1.21 bits per heavy atom. The van der Waals surface area contributed by atoms with Crippen molar-refractivity contribution in [2.75, 3.05) is 6.54 Å². The summed E-state index contributed by atoms with van der Waals surface area (Å²) in [6, 6.07) is 12.3. The molecular weight excluding hydrogens is 298 g/mol. The van der Waals surface area contributed by atoms with E-state index in [9.17, 15) is 4.79 Å². The van der Waals surface area contributed by atoms with Crippen LogP contribution in [0.15, 0.2) is 49.2 Å². The number of nitrogens with one attached hydrogen (secondary N) is 1. The summed E-state index contributed by atoms with van der Waals surface area (Å²) < 4.78 is 2.20. The zero-order valence-electron chi connectivity index (χ0n) is 14.7. The van der Waals surface area contributed by atoms with Gasteiger partial charge in [-0.05, 0) is 50.1 Å². The number of nitrogens with zero attached hydrogens (tertiary/aromatic N) is 2. The summed E-state index contributed by atoms with van der Waals surface area (Å²) in [4.78, 5) is 14.6. The van der Waals surface area contributed by atoms with Crippen LogP contribution in [0.5, 0.6) is 0 Å². The standard InChI is InChI=1S/C20H25N3O/c1-15(2)16-7-5-8-17(13-16)20(3,4)21-19(24)23-12-11-22-10-6-9-18(22)14-23/h5-10,13H,1,11-12,14H2,2-4H3,(H,21,24). The van der Waals surface area contributed by atoms with E-state index in [1.165, 1.54) is 5.69 Å². The third kappa shape index (κ3) is 3.23. The molecule has 1 aromatic heterocycles. The highest BCUT2D eigenvalue weighted by Crippen LogP contribution is 2.24. The summed E-state index contributed by atoms with van der Waals surface area (Å²) in [5, 5.41) is 3.18. The Labute approximate surface area is 143 Å². The molecule has 0 bridgehead atoms.